The molecule has 3 aliphatic heterocycles. The minimum absolute atomic E-state index is 0.0302. The van der Waals surface area contributed by atoms with E-state index in [1.54, 1.807) is 6.08 Å². The number of ether oxygens (including phenoxy) is 3. The minimum atomic E-state index is -0.726. The molecule has 1 amide bonds. The van der Waals surface area contributed by atoms with Crippen molar-refractivity contribution in [1.29, 1.82) is 0 Å². The van der Waals surface area contributed by atoms with Crippen molar-refractivity contribution in [3.05, 3.63) is 59.4 Å². The molecule has 2 saturated heterocycles. The maximum atomic E-state index is 13.4. The van der Waals surface area contributed by atoms with Gasteiger partial charge in [-0.25, -0.2) is 4.79 Å². The number of esters is 1. The van der Waals surface area contributed by atoms with Gasteiger partial charge in [0.1, 0.15) is 11.4 Å². The van der Waals surface area contributed by atoms with Crippen LogP contribution in [0.25, 0.3) is 6.08 Å². The summed E-state index contributed by atoms with van der Waals surface area (Å²) >= 11 is 0. The highest BCUT2D eigenvalue weighted by Gasteiger charge is 2.70. The van der Waals surface area contributed by atoms with Crippen molar-refractivity contribution < 1.29 is 34.0 Å². The number of anilines is 1. The van der Waals surface area contributed by atoms with Crippen LogP contribution in [0.4, 0.5) is 5.69 Å². The Morgan fingerprint density at radius 2 is 1.89 bits per heavy atom. The summed E-state index contributed by atoms with van der Waals surface area (Å²) in [4.78, 5) is 30.3. The summed E-state index contributed by atoms with van der Waals surface area (Å²) in [7, 11) is 3.98. The smallest absolute Gasteiger partial charge is 0.343 e. The number of carbonyl (C=O) groups excluding carboxylic acids is 2. The Labute approximate surface area is 272 Å². The number of hydrogen-bond acceptors (Lipinski definition) is 9. The van der Waals surface area contributed by atoms with Crippen LogP contribution in [0.1, 0.15) is 45.6 Å². The predicted molar refractivity (Wildman–Crippen MR) is 175 cm³/mol. The van der Waals surface area contributed by atoms with E-state index in [1.807, 2.05) is 74.2 Å². The number of amides is 1. The molecule has 1 aromatic rings. The summed E-state index contributed by atoms with van der Waals surface area (Å²) in [6, 6.07) is 7.37. The number of nitrogens with one attached hydrogen (secondary N) is 1. The fourth-order valence-electron chi connectivity index (χ4n) is 8.59. The first-order chi connectivity index (χ1) is 21.9. The zero-order valence-electron chi connectivity index (χ0n) is 27.7. The molecule has 6 rings (SSSR count). The van der Waals surface area contributed by atoms with Crippen molar-refractivity contribution >= 4 is 23.6 Å². The van der Waals surface area contributed by atoms with Gasteiger partial charge in [0.2, 0.25) is 5.91 Å². The van der Waals surface area contributed by atoms with E-state index in [0.29, 0.717) is 57.1 Å². The van der Waals surface area contributed by atoms with Gasteiger partial charge in [0, 0.05) is 50.2 Å². The monoisotopic (exact) mass is 635 g/mol. The van der Waals surface area contributed by atoms with Crippen molar-refractivity contribution in [2.24, 2.45) is 22.7 Å². The molecule has 46 heavy (non-hydrogen) atoms. The number of morpholine rings is 1. The number of allylic oxidation sites excluding steroid dienone is 1. The number of epoxide rings is 1. The number of fused-ring (bicyclic) bond motifs is 1. The lowest BCUT2D eigenvalue weighted by Crippen LogP contribution is -2.67. The third-order valence-corrected chi connectivity index (χ3v) is 11.5. The van der Waals surface area contributed by atoms with Gasteiger partial charge in [0.25, 0.3) is 0 Å². The topological polar surface area (TPSA) is 124 Å². The standard InChI is InChI=1S/C36H49N3O7/c1-23(32(42)39-14-16-44-17-15-39)37-30-20-29-34(2,13-12-31(41)35(29,3)21-40)28(36(30)22-45-36)11-8-25-19-27(46-33(25)43)18-24-6-9-26(10-7-24)38(4)5/h6-11,18-19,23,28-31,37,40-41H,12-17,20-22H2,1-5H3/t23?,28?,29?,30?,31-,34-,35+,36?/m1/s1. The molecule has 5 unspecified atom stereocenters. The number of benzene rings is 1. The second kappa shape index (κ2) is 12.5. The van der Waals surface area contributed by atoms with Gasteiger partial charge in [-0.2, -0.15) is 0 Å². The molecule has 8 atom stereocenters. The Kier molecular flexibility index (Phi) is 8.97. The van der Waals surface area contributed by atoms with Crippen molar-refractivity contribution in [3.8, 4) is 0 Å². The van der Waals surface area contributed by atoms with Crippen LogP contribution in [0, 0.1) is 22.7 Å². The molecule has 0 aromatic heterocycles. The molecule has 2 aliphatic carbocycles. The van der Waals surface area contributed by atoms with Gasteiger partial charge < -0.3 is 39.5 Å². The molecular formula is C36H49N3O7. The number of aliphatic hydroxyl groups is 2. The van der Waals surface area contributed by atoms with E-state index >= 15 is 0 Å². The third kappa shape index (κ3) is 5.83. The molecule has 1 aromatic carbocycles. The molecular weight excluding hydrogens is 586 g/mol. The lowest BCUT2D eigenvalue weighted by molar-refractivity contribution is -0.174. The number of rotatable bonds is 8. The molecule has 3 N–H and O–H groups in total. The zero-order valence-corrected chi connectivity index (χ0v) is 27.7. The van der Waals surface area contributed by atoms with E-state index in [2.05, 4.69) is 18.3 Å². The number of carbonyl (C=O) groups is 2. The second-order valence-electron chi connectivity index (χ2n) is 14.5. The number of aliphatic hydroxyl groups excluding tert-OH is 2. The molecule has 4 fully saturated rings. The molecule has 0 bridgehead atoms. The highest BCUT2D eigenvalue weighted by atomic mass is 16.6. The van der Waals surface area contributed by atoms with E-state index in [0.717, 1.165) is 17.7 Å². The van der Waals surface area contributed by atoms with Gasteiger partial charge in [-0.05, 0) is 67.4 Å². The van der Waals surface area contributed by atoms with Crippen LogP contribution in [0.2, 0.25) is 0 Å². The van der Waals surface area contributed by atoms with E-state index in [1.165, 1.54) is 0 Å². The summed E-state index contributed by atoms with van der Waals surface area (Å²) in [6.07, 6.45) is 8.88. The van der Waals surface area contributed by atoms with Crippen LogP contribution < -0.4 is 10.2 Å². The van der Waals surface area contributed by atoms with Crippen LogP contribution in [0.15, 0.2) is 53.8 Å². The maximum Gasteiger partial charge on any atom is 0.343 e. The summed E-state index contributed by atoms with van der Waals surface area (Å²) < 4.78 is 17.4. The van der Waals surface area contributed by atoms with Crippen LogP contribution in [-0.4, -0.2) is 104 Å². The summed E-state index contributed by atoms with van der Waals surface area (Å²) in [5, 5.41) is 25.5. The van der Waals surface area contributed by atoms with Gasteiger partial charge in [0.05, 0.1) is 44.1 Å². The van der Waals surface area contributed by atoms with Crippen molar-refractivity contribution in [1.82, 2.24) is 10.2 Å². The molecule has 3 heterocycles. The maximum absolute atomic E-state index is 13.4. The summed E-state index contributed by atoms with van der Waals surface area (Å²) in [5.41, 5.74) is 0.850. The van der Waals surface area contributed by atoms with Gasteiger partial charge >= 0.3 is 5.97 Å². The Bertz CT molecular complexity index is 1410. The van der Waals surface area contributed by atoms with Crippen LogP contribution in [0.3, 0.4) is 0 Å². The van der Waals surface area contributed by atoms with Gasteiger partial charge in [0.15, 0.2) is 0 Å². The van der Waals surface area contributed by atoms with Crippen LogP contribution in [-0.2, 0) is 23.8 Å². The lowest BCUT2D eigenvalue weighted by Gasteiger charge is -2.62. The fourth-order valence-corrected chi connectivity index (χ4v) is 8.59. The third-order valence-electron chi connectivity index (χ3n) is 11.5. The molecule has 1 spiro atoms. The van der Waals surface area contributed by atoms with Crippen molar-refractivity contribution in [3.63, 3.8) is 0 Å². The van der Waals surface area contributed by atoms with E-state index in [4.69, 9.17) is 14.2 Å². The Morgan fingerprint density at radius 1 is 1.20 bits per heavy atom. The largest absolute Gasteiger partial charge is 0.423 e. The first kappa shape index (κ1) is 32.9. The molecule has 5 aliphatic rings. The highest BCUT2D eigenvalue weighted by Crippen LogP contribution is 2.65. The van der Waals surface area contributed by atoms with Gasteiger partial charge in [-0.1, -0.05) is 38.1 Å². The fraction of sp³-hybridized carbons (Fsp3) is 0.611. The summed E-state index contributed by atoms with van der Waals surface area (Å²) in [5.74, 6) is -0.0971. The first-order valence-electron chi connectivity index (χ1n) is 16.6. The highest BCUT2D eigenvalue weighted by molar-refractivity contribution is 5.96. The normalized spacial score (nSPS) is 37.3. The average Bonchev–Trinajstić information content (AvgIpc) is 3.76. The predicted octanol–water partition coefficient (Wildman–Crippen LogP) is 2.90. The van der Waals surface area contributed by atoms with E-state index < -0.39 is 29.1 Å². The van der Waals surface area contributed by atoms with Crippen LogP contribution >= 0.6 is 0 Å². The molecule has 10 nitrogen and oxygen atoms in total. The Balaban J connectivity index is 1.29. The molecule has 0 radical (unpaired) electrons. The van der Waals surface area contributed by atoms with Gasteiger partial charge in [-0.15, -0.1) is 0 Å². The quantitative estimate of drug-likeness (QED) is 0.292. The molecule has 250 valence electrons. The van der Waals surface area contributed by atoms with Crippen molar-refractivity contribution in [2.45, 2.75) is 63.8 Å². The second-order valence-corrected chi connectivity index (χ2v) is 14.5. The SMILES string of the molecule is CC(NC1CC2[C@](C)(CC[C@@H](O)[C@@]2(C)CO)C(C=CC2=CC(=Cc3ccc(N(C)C)cc3)OC2=O)C12CO2)C(=O)N1CCOCC1. The number of nitrogens with zero attached hydrogens (tertiary/aromatic N) is 2. The lowest BCUT2D eigenvalue weighted by atomic mass is 9.44. The Hall–Kier alpha value is -3.02. The molecule has 10 heteroatoms. The number of cyclic esters (lactones) is 1. The summed E-state index contributed by atoms with van der Waals surface area (Å²) in [6.45, 7) is 8.70. The minimum Gasteiger partial charge on any atom is -0.423 e. The number of hydrogen-bond donors (Lipinski definition) is 3. The van der Waals surface area contributed by atoms with E-state index in [9.17, 15) is 19.8 Å². The van der Waals surface area contributed by atoms with Crippen molar-refractivity contribution in [2.75, 3.05) is 58.5 Å². The van der Waals surface area contributed by atoms with Crippen LogP contribution in [0.5, 0.6) is 0 Å². The zero-order chi connectivity index (χ0) is 32.9. The van der Waals surface area contributed by atoms with E-state index in [-0.39, 0.29) is 35.8 Å². The average molecular weight is 636 g/mol. The molecule has 2 saturated carbocycles. The first-order valence-corrected chi connectivity index (χ1v) is 16.6. The van der Waals surface area contributed by atoms with Gasteiger partial charge in [-0.3, -0.25) is 4.79 Å². The Morgan fingerprint density at radius 3 is 2.52 bits per heavy atom.